The first-order chi connectivity index (χ1) is 22.8. The lowest BCUT2D eigenvalue weighted by Crippen LogP contribution is -2.51. The number of ether oxygens (including phenoxy) is 2. The van der Waals surface area contributed by atoms with Crippen LogP contribution in [0.4, 0.5) is 0 Å². The number of carbonyl (C=O) groups excluding carboxylic acids is 2. The second-order valence-electron chi connectivity index (χ2n) is 11.8. The molecule has 1 N–H and O–H groups in total. The lowest BCUT2D eigenvalue weighted by molar-refractivity contribution is -0.142. The summed E-state index contributed by atoms with van der Waals surface area (Å²) in [4.78, 5) is 29.5. The van der Waals surface area contributed by atoms with Gasteiger partial charge in [-0.1, -0.05) is 65.7 Å². The van der Waals surface area contributed by atoms with Gasteiger partial charge >= 0.3 is 0 Å². The van der Waals surface area contributed by atoms with Crippen molar-refractivity contribution >= 4 is 33.4 Å². The third-order valence-electron chi connectivity index (χ3n) is 8.46. The second-order valence-corrected chi connectivity index (χ2v) is 14.2. The smallest absolute Gasteiger partial charge is 0.261 e. The van der Waals surface area contributed by atoms with Crippen molar-refractivity contribution < 1.29 is 27.5 Å². The van der Waals surface area contributed by atoms with Gasteiger partial charge in [0.15, 0.2) is 6.61 Å². The van der Waals surface area contributed by atoms with Crippen molar-refractivity contribution in [2.75, 3.05) is 39.5 Å². The lowest BCUT2D eigenvalue weighted by atomic mass is 9.97. The molecule has 250 valence electrons. The first-order valence-electron chi connectivity index (χ1n) is 16.1. The van der Waals surface area contributed by atoms with Crippen molar-refractivity contribution in [2.24, 2.45) is 0 Å². The molecular formula is C36H42ClN3O6S. The molecule has 3 aromatic rings. The van der Waals surface area contributed by atoms with E-state index < -0.39 is 16.1 Å². The molecule has 2 amide bonds. The van der Waals surface area contributed by atoms with Gasteiger partial charge < -0.3 is 19.7 Å². The number of sulfonamides is 1. The molecule has 1 fully saturated rings. The van der Waals surface area contributed by atoms with Crippen molar-refractivity contribution in [3.05, 3.63) is 107 Å². The van der Waals surface area contributed by atoms with Gasteiger partial charge in [-0.05, 0) is 79.6 Å². The maximum Gasteiger partial charge on any atom is 0.261 e. The predicted octanol–water partition coefficient (Wildman–Crippen LogP) is 5.39. The van der Waals surface area contributed by atoms with Gasteiger partial charge in [0.1, 0.15) is 11.8 Å². The summed E-state index contributed by atoms with van der Waals surface area (Å²) in [5.41, 5.74) is 3.11. The average Bonchev–Trinajstić information content (AvgIpc) is 3.11. The lowest BCUT2D eigenvalue weighted by Gasteiger charge is -2.31. The van der Waals surface area contributed by atoms with Crippen LogP contribution >= 0.6 is 11.6 Å². The van der Waals surface area contributed by atoms with Gasteiger partial charge in [-0.15, -0.1) is 0 Å². The first kappa shape index (κ1) is 34.6. The molecular weight excluding hydrogens is 638 g/mol. The van der Waals surface area contributed by atoms with E-state index in [-0.39, 0.29) is 29.9 Å². The minimum Gasteiger partial charge on any atom is -0.484 e. The Hall–Kier alpha value is -3.70. The van der Waals surface area contributed by atoms with Crippen molar-refractivity contribution in [2.45, 2.75) is 56.0 Å². The Kier molecular flexibility index (Phi) is 12.5. The Labute approximate surface area is 282 Å². The van der Waals surface area contributed by atoms with Gasteiger partial charge in [0.2, 0.25) is 15.9 Å². The molecule has 0 radical (unpaired) electrons. The highest BCUT2D eigenvalue weighted by Gasteiger charge is 2.31. The van der Waals surface area contributed by atoms with Crippen LogP contribution in [0.5, 0.6) is 5.75 Å². The molecule has 0 bridgehead atoms. The average molecular weight is 680 g/mol. The summed E-state index contributed by atoms with van der Waals surface area (Å²) in [5.74, 6) is -0.267. The molecule has 0 spiro atoms. The Morgan fingerprint density at radius 1 is 0.936 bits per heavy atom. The fourth-order valence-electron chi connectivity index (χ4n) is 5.81. The molecule has 0 saturated carbocycles. The summed E-state index contributed by atoms with van der Waals surface area (Å²) in [6, 6.07) is 22.1. The number of allylic oxidation sites excluding steroid dienone is 1. The largest absolute Gasteiger partial charge is 0.484 e. The van der Waals surface area contributed by atoms with E-state index in [2.05, 4.69) is 11.4 Å². The number of amides is 2. The molecule has 3 aromatic carbocycles. The zero-order chi connectivity index (χ0) is 33.1. The molecule has 1 aliphatic heterocycles. The number of morpholine rings is 1. The van der Waals surface area contributed by atoms with Crippen molar-refractivity contribution in [1.82, 2.24) is 14.5 Å². The van der Waals surface area contributed by atoms with Crippen LogP contribution < -0.4 is 10.1 Å². The molecule has 1 unspecified atom stereocenters. The summed E-state index contributed by atoms with van der Waals surface area (Å²) in [6.45, 7) is 1.64. The van der Waals surface area contributed by atoms with E-state index in [4.69, 9.17) is 21.1 Å². The maximum atomic E-state index is 13.9. The highest BCUT2D eigenvalue weighted by molar-refractivity contribution is 7.89. The molecule has 1 heterocycles. The highest BCUT2D eigenvalue weighted by Crippen LogP contribution is 2.23. The zero-order valence-corrected chi connectivity index (χ0v) is 28.1. The number of carbonyl (C=O) groups is 2. The van der Waals surface area contributed by atoms with Crippen molar-refractivity contribution in [1.29, 1.82) is 0 Å². The Morgan fingerprint density at radius 2 is 1.66 bits per heavy atom. The normalized spacial score (nSPS) is 16.1. The van der Waals surface area contributed by atoms with Crippen LogP contribution in [0.3, 0.4) is 0 Å². The second kappa shape index (κ2) is 16.9. The quantitative estimate of drug-likeness (QED) is 0.229. The van der Waals surface area contributed by atoms with E-state index >= 15 is 0 Å². The van der Waals surface area contributed by atoms with Gasteiger partial charge in [-0.3, -0.25) is 9.59 Å². The van der Waals surface area contributed by atoms with Gasteiger partial charge in [0.25, 0.3) is 5.91 Å². The Balaban J connectivity index is 1.32. The van der Waals surface area contributed by atoms with Gasteiger partial charge in [-0.2, -0.15) is 4.31 Å². The maximum absolute atomic E-state index is 13.9. The molecule has 0 aromatic heterocycles. The number of halogens is 1. The summed E-state index contributed by atoms with van der Waals surface area (Å²) in [7, 11) is -3.66. The van der Waals surface area contributed by atoms with Crippen molar-refractivity contribution in [3.8, 4) is 5.75 Å². The SMILES string of the molecule is O=C(NCCC1=CCCCC1)C(Cc1ccccc1)N(Cc1ccc(Cl)cc1)C(=O)COc1ccc(S(=O)(=O)N2CCOCC2)cc1. The molecule has 5 rings (SSSR count). The minimum atomic E-state index is -3.66. The van der Waals surface area contributed by atoms with Crippen LogP contribution in [-0.4, -0.2) is 74.9 Å². The fraction of sp³-hybridized carbons (Fsp3) is 0.389. The van der Waals surface area contributed by atoms with E-state index in [1.165, 1.54) is 47.0 Å². The molecule has 1 atom stereocenters. The molecule has 11 heteroatoms. The third-order valence-corrected chi connectivity index (χ3v) is 10.6. The van der Waals surface area contributed by atoms with E-state index in [0.717, 1.165) is 30.4 Å². The van der Waals surface area contributed by atoms with Crippen molar-refractivity contribution in [3.63, 3.8) is 0 Å². The molecule has 1 saturated heterocycles. The van der Waals surface area contributed by atoms with Crippen LogP contribution in [0.25, 0.3) is 0 Å². The van der Waals surface area contributed by atoms with Crippen LogP contribution in [0.1, 0.15) is 43.2 Å². The topological polar surface area (TPSA) is 105 Å². The number of nitrogens with one attached hydrogen (secondary N) is 1. The van der Waals surface area contributed by atoms with E-state index in [1.807, 2.05) is 42.5 Å². The summed E-state index contributed by atoms with van der Waals surface area (Å²) >= 11 is 6.14. The first-order valence-corrected chi connectivity index (χ1v) is 18.0. The van der Waals surface area contributed by atoms with Gasteiger partial charge in [0.05, 0.1) is 18.1 Å². The monoisotopic (exact) mass is 679 g/mol. The Morgan fingerprint density at radius 3 is 2.34 bits per heavy atom. The molecule has 2 aliphatic rings. The minimum absolute atomic E-state index is 0.144. The standard InChI is InChI=1S/C36H42ClN3O6S/c37-31-13-11-30(12-14-31)26-40(34(25-29-9-5-2-6-10-29)36(42)38-20-19-28-7-3-1-4-8-28)35(41)27-46-32-15-17-33(18-16-32)47(43,44)39-21-23-45-24-22-39/h2,5-7,9-18,34H,1,3-4,8,19-27H2,(H,38,42). The Bertz CT molecular complexity index is 1610. The van der Waals surface area contributed by atoms with E-state index in [9.17, 15) is 18.0 Å². The van der Waals surface area contributed by atoms with E-state index in [0.29, 0.717) is 50.0 Å². The molecule has 9 nitrogen and oxygen atoms in total. The van der Waals surface area contributed by atoms with Gasteiger partial charge in [0, 0.05) is 37.6 Å². The fourth-order valence-corrected chi connectivity index (χ4v) is 7.34. The van der Waals surface area contributed by atoms with Crippen LogP contribution in [0, 0.1) is 0 Å². The van der Waals surface area contributed by atoms with Crippen LogP contribution in [0.15, 0.2) is 95.4 Å². The third kappa shape index (κ3) is 9.90. The summed E-state index contributed by atoms with van der Waals surface area (Å²) in [5, 5.41) is 3.67. The number of rotatable bonds is 14. The number of benzene rings is 3. The number of nitrogens with zero attached hydrogens (tertiary/aromatic N) is 2. The van der Waals surface area contributed by atoms with E-state index in [1.54, 1.807) is 17.0 Å². The van der Waals surface area contributed by atoms with Crippen LogP contribution in [0.2, 0.25) is 5.02 Å². The molecule has 1 aliphatic carbocycles. The zero-order valence-electron chi connectivity index (χ0n) is 26.5. The number of hydrogen-bond donors (Lipinski definition) is 1. The number of hydrogen-bond acceptors (Lipinski definition) is 6. The summed E-state index contributed by atoms with van der Waals surface area (Å²) < 4.78 is 38.6. The molecule has 47 heavy (non-hydrogen) atoms. The van der Waals surface area contributed by atoms with Gasteiger partial charge in [-0.25, -0.2) is 8.42 Å². The summed E-state index contributed by atoms with van der Waals surface area (Å²) in [6.07, 6.45) is 7.90. The predicted molar refractivity (Wildman–Crippen MR) is 182 cm³/mol. The van der Waals surface area contributed by atoms with Crippen LogP contribution in [-0.2, 0) is 37.3 Å². The highest BCUT2D eigenvalue weighted by atomic mass is 35.5.